The fraction of sp³-hybridized carbons (Fsp3) is 0.250. The zero-order chi connectivity index (χ0) is 18.0. The topological polar surface area (TPSA) is 87.7 Å². The van der Waals surface area contributed by atoms with Crippen molar-refractivity contribution in [3.63, 3.8) is 0 Å². The van der Waals surface area contributed by atoms with E-state index in [2.05, 4.69) is 20.5 Å². The summed E-state index contributed by atoms with van der Waals surface area (Å²) in [5.74, 6) is 0.303. The number of pyridine rings is 1. The fourth-order valence-corrected chi connectivity index (χ4v) is 3.96. The number of hydrogen-bond donors (Lipinski definition) is 2. The Balaban J connectivity index is 1.73. The number of halogens is 1. The van der Waals surface area contributed by atoms with Crippen LogP contribution in [-0.2, 0) is 10.5 Å². The number of carbonyl (C=O) groups excluding carboxylic acids is 1. The quantitative estimate of drug-likeness (QED) is 0.505. The molecule has 1 amide bonds. The number of thioether (sulfide) groups is 1. The number of H-pyrrole nitrogens is 1. The van der Waals surface area contributed by atoms with Gasteiger partial charge in [0.1, 0.15) is 0 Å². The maximum Gasteiger partial charge on any atom is 0.228 e. The highest BCUT2D eigenvalue weighted by molar-refractivity contribution is 8.00. The van der Waals surface area contributed by atoms with Gasteiger partial charge in [-0.3, -0.25) is 9.59 Å². The molecule has 0 aliphatic heterocycles. The molecule has 2 N–H and O–H groups in total. The van der Waals surface area contributed by atoms with Crippen molar-refractivity contribution in [2.75, 3.05) is 5.32 Å². The van der Waals surface area contributed by atoms with E-state index in [1.807, 2.05) is 13.8 Å². The van der Waals surface area contributed by atoms with Gasteiger partial charge in [0, 0.05) is 28.8 Å². The molecule has 0 aliphatic carbocycles. The lowest BCUT2D eigenvalue weighted by Gasteiger charge is -2.04. The van der Waals surface area contributed by atoms with Crippen LogP contribution in [-0.4, -0.2) is 21.1 Å². The molecule has 25 heavy (non-hydrogen) atoms. The number of benzene rings is 1. The Morgan fingerprint density at radius 3 is 2.96 bits per heavy atom. The second-order valence-corrected chi connectivity index (χ2v) is 8.23. The Labute approximate surface area is 157 Å². The predicted octanol–water partition coefficient (Wildman–Crippen LogP) is 3.92. The minimum atomic E-state index is -0.118. The first-order chi connectivity index (χ1) is 11.9. The molecule has 0 fully saturated rings. The average molecular weight is 395 g/mol. The van der Waals surface area contributed by atoms with Gasteiger partial charge >= 0.3 is 0 Å². The van der Waals surface area contributed by atoms with E-state index >= 15 is 0 Å². The fourth-order valence-electron chi connectivity index (χ4n) is 2.07. The number of fused-ring (bicyclic) bond motifs is 1. The minimum Gasteiger partial charge on any atom is -0.356 e. The highest BCUT2D eigenvalue weighted by Gasteiger charge is 2.12. The number of carbonyl (C=O) groups is 1. The summed E-state index contributed by atoms with van der Waals surface area (Å²) in [6, 6.07) is 6.80. The Bertz CT molecular complexity index is 984. The van der Waals surface area contributed by atoms with E-state index in [4.69, 9.17) is 11.6 Å². The van der Waals surface area contributed by atoms with Crippen LogP contribution in [0.2, 0.25) is 5.02 Å². The molecule has 0 unspecified atom stereocenters. The number of para-hydroxylation sites is 1. The molecule has 2 aromatic heterocycles. The third kappa shape index (κ3) is 4.20. The molecule has 2 heterocycles. The summed E-state index contributed by atoms with van der Waals surface area (Å²) in [5, 5.41) is 12.3. The standard InChI is InChI=1S/C16H15ClN4O2S2/c1-8(2)14(23)19-15-20-21-16(25-15)24-7-9-6-12(22)10-4-3-5-11(17)13(10)18-9/h3-6,8H,7H2,1-2H3,(H,18,22)(H,19,20,23). The summed E-state index contributed by atoms with van der Waals surface area (Å²) in [6.45, 7) is 3.63. The van der Waals surface area contributed by atoms with E-state index in [-0.39, 0.29) is 17.3 Å². The first-order valence-electron chi connectivity index (χ1n) is 7.51. The smallest absolute Gasteiger partial charge is 0.228 e. The second kappa shape index (κ2) is 7.55. The largest absolute Gasteiger partial charge is 0.356 e. The minimum absolute atomic E-state index is 0.0750. The molecule has 0 saturated heterocycles. The SMILES string of the molecule is CC(C)C(=O)Nc1nnc(SCc2cc(=O)c3cccc(Cl)c3[nH]2)s1. The van der Waals surface area contributed by atoms with Gasteiger partial charge in [-0.2, -0.15) is 0 Å². The van der Waals surface area contributed by atoms with Crippen LogP contribution in [0.5, 0.6) is 0 Å². The van der Waals surface area contributed by atoms with Crippen molar-refractivity contribution in [3.05, 3.63) is 45.2 Å². The number of anilines is 1. The lowest BCUT2D eigenvalue weighted by Crippen LogP contribution is -2.17. The zero-order valence-corrected chi connectivity index (χ0v) is 15.9. The second-order valence-electron chi connectivity index (χ2n) is 5.63. The molecule has 9 heteroatoms. The van der Waals surface area contributed by atoms with Gasteiger partial charge in [0.25, 0.3) is 0 Å². The van der Waals surface area contributed by atoms with Crippen molar-refractivity contribution in [3.8, 4) is 0 Å². The summed E-state index contributed by atoms with van der Waals surface area (Å²) in [7, 11) is 0. The molecule has 1 aromatic carbocycles. The van der Waals surface area contributed by atoms with Crippen molar-refractivity contribution < 1.29 is 4.79 Å². The molecule has 130 valence electrons. The van der Waals surface area contributed by atoms with Crippen LogP contribution in [0.15, 0.2) is 33.4 Å². The van der Waals surface area contributed by atoms with Crippen molar-refractivity contribution in [2.24, 2.45) is 5.92 Å². The van der Waals surface area contributed by atoms with Gasteiger partial charge < -0.3 is 10.3 Å². The molecule has 3 aromatic rings. The third-order valence-electron chi connectivity index (χ3n) is 3.38. The van der Waals surface area contributed by atoms with Crippen LogP contribution < -0.4 is 10.7 Å². The van der Waals surface area contributed by atoms with Crippen molar-refractivity contribution in [1.82, 2.24) is 15.2 Å². The Morgan fingerprint density at radius 2 is 2.20 bits per heavy atom. The number of amides is 1. The maximum absolute atomic E-state index is 12.2. The molecular weight excluding hydrogens is 380 g/mol. The summed E-state index contributed by atoms with van der Waals surface area (Å²) in [6.07, 6.45) is 0. The van der Waals surface area contributed by atoms with Gasteiger partial charge in [0.05, 0.1) is 10.5 Å². The highest BCUT2D eigenvalue weighted by Crippen LogP contribution is 2.28. The molecule has 0 aliphatic rings. The molecule has 0 saturated carbocycles. The van der Waals surface area contributed by atoms with Crippen molar-refractivity contribution in [1.29, 1.82) is 0 Å². The monoisotopic (exact) mass is 394 g/mol. The molecule has 6 nitrogen and oxygen atoms in total. The number of nitrogens with one attached hydrogen (secondary N) is 2. The molecule has 0 bridgehead atoms. The molecule has 3 rings (SSSR count). The van der Waals surface area contributed by atoms with Crippen LogP contribution in [0, 0.1) is 5.92 Å². The first-order valence-corrected chi connectivity index (χ1v) is 9.69. The summed E-state index contributed by atoms with van der Waals surface area (Å²) in [5.41, 5.74) is 1.31. The van der Waals surface area contributed by atoms with E-state index in [1.165, 1.54) is 23.1 Å². The normalized spacial score (nSPS) is 11.2. The Hall–Kier alpha value is -1.90. The lowest BCUT2D eigenvalue weighted by atomic mass is 10.2. The number of hydrogen-bond acceptors (Lipinski definition) is 6. The van der Waals surface area contributed by atoms with E-state index in [0.29, 0.717) is 31.1 Å². The third-order valence-corrected chi connectivity index (χ3v) is 5.72. The molecular formula is C16H15ClN4O2S2. The predicted molar refractivity (Wildman–Crippen MR) is 103 cm³/mol. The van der Waals surface area contributed by atoms with Crippen LogP contribution >= 0.6 is 34.7 Å². The van der Waals surface area contributed by atoms with Crippen LogP contribution in [0.1, 0.15) is 19.5 Å². The van der Waals surface area contributed by atoms with Gasteiger partial charge in [-0.05, 0) is 12.1 Å². The van der Waals surface area contributed by atoms with Gasteiger partial charge in [0.2, 0.25) is 11.0 Å². The number of nitrogens with zero attached hydrogens (tertiary/aromatic N) is 2. The Kier molecular flexibility index (Phi) is 5.41. The average Bonchev–Trinajstić information content (AvgIpc) is 3.01. The van der Waals surface area contributed by atoms with Crippen LogP contribution in [0.4, 0.5) is 5.13 Å². The summed E-state index contributed by atoms with van der Waals surface area (Å²) >= 11 is 8.89. The summed E-state index contributed by atoms with van der Waals surface area (Å²) in [4.78, 5) is 27.0. The van der Waals surface area contributed by atoms with Gasteiger partial charge in [-0.25, -0.2) is 0 Å². The number of rotatable bonds is 5. The number of aromatic amines is 1. The highest BCUT2D eigenvalue weighted by atomic mass is 35.5. The molecule has 0 atom stereocenters. The maximum atomic E-state index is 12.2. The van der Waals surface area contributed by atoms with Gasteiger partial charge in [-0.1, -0.05) is 54.6 Å². The number of aromatic nitrogens is 3. The van der Waals surface area contributed by atoms with Crippen LogP contribution in [0.3, 0.4) is 0 Å². The first kappa shape index (κ1) is 17.9. The summed E-state index contributed by atoms with van der Waals surface area (Å²) < 4.78 is 0.708. The van der Waals surface area contributed by atoms with E-state index in [9.17, 15) is 9.59 Å². The van der Waals surface area contributed by atoms with Crippen molar-refractivity contribution >= 4 is 56.6 Å². The molecule has 0 spiro atoms. The van der Waals surface area contributed by atoms with Crippen LogP contribution in [0.25, 0.3) is 10.9 Å². The zero-order valence-electron chi connectivity index (χ0n) is 13.5. The lowest BCUT2D eigenvalue weighted by molar-refractivity contribution is -0.118. The molecule has 0 radical (unpaired) electrons. The van der Waals surface area contributed by atoms with E-state index in [1.54, 1.807) is 24.3 Å². The van der Waals surface area contributed by atoms with Gasteiger partial charge in [-0.15, -0.1) is 10.2 Å². The van der Waals surface area contributed by atoms with E-state index in [0.717, 1.165) is 5.69 Å². The van der Waals surface area contributed by atoms with Crippen molar-refractivity contribution in [2.45, 2.75) is 23.9 Å². The van der Waals surface area contributed by atoms with E-state index < -0.39 is 0 Å². The van der Waals surface area contributed by atoms with Gasteiger partial charge in [0.15, 0.2) is 9.77 Å². The Morgan fingerprint density at radius 1 is 1.40 bits per heavy atom.